The molecule has 1 fully saturated rings. The molecule has 47 heavy (non-hydrogen) atoms. The first kappa shape index (κ1) is 34.0. The minimum Gasteiger partial charge on any atom is -0.397 e. The number of aliphatic imine (C=N–C) groups is 1. The van der Waals surface area contributed by atoms with Crippen LogP contribution in [0.3, 0.4) is 0 Å². The molecule has 1 aliphatic carbocycles. The molecule has 12 nitrogen and oxygen atoms in total. The van der Waals surface area contributed by atoms with Crippen LogP contribution in [0.2, 0.25) is 0 Å². The molecule has 1 aliphatic rings. The van der Waals surface area contributed by atoms with E-state index in [0.717, 1.165) is 22.4 Å². The van der Waals surface area contributed by atoms with Gasteiger partial charge in [0.15, 0.2) is 0 Å². The van der Waals surface area contributed by atoms with Crippen LogP contribution in [-0.4, -0.2) is 44.6 Å². The van der Waals surface area contributed by atoms with Gasteiger partial charge in [0.05, 0.1) is 21.2 Å². The van der Waals surface area contributed by atoms with E-state index in [1.165, 1.54) is 54.6 Å². The number of hydrogen-bond acceptors (Lipinski definition) is 9. The van der Waals surface area contributed by atoms with Gasteiger partial charge in [0, 0.05) is 17.1 Å². The van der Waals surface area contributed by atoms with Crippen LogP contribution >= 0.6 is 0 Å². The highest BCUT2D eigenvalue weighted by atomic mass is 32.2. The van der Waals surface area contributed by atoms with Crippen LogP contribution in [0, 0.1) is 6.92 Å². The molecule has 0 unspecified atom stereocenters. The number of nitrogen functional groups attached to an aromatic ring is 1. The predicted molar refractivity (Wildman–Crippen MR) is 179 cm³/mol. The summed E-state index contributed by atoms with van der Waals surface area (Å²) in [5.41, 5.74) is 12.3. The molecule has 0 aliphatic heterocycles. The largest absolute Gasteiger partial charge is 0.397 e. The highest BCUT2D eigenvalue weighted by molar-refractivity contribution is 7.86. The van der Waals surface area contributed by atoms with Gasteiger partial charge >= 0.3 is 0 Å². The molecule has 0 saturated heterocycles. The summed E-state index contributed by atoms with van der Waals surface area (Å²) in [6.45, 7) is 1.66. The first-order valence-corrected chi connectivity index (χ1v) is 18.5. The SMILES string of the molecule is Cc1cc(C(=C2CCC(=Nc3ccc(S(=O)(=O)O)cc3)CC2)c2ccc(Nc3ccc(S(=O)(=O)O)cc3)cc2)cc(S(=O)(=O)O)c1N. The van der Waals surface area contributed by atoms with E-state index in [-0.39, 0.29) is 20.4 Å². The van der Waals surface area contributed by atoms with Crippen molar-refractivity contribution in [1.82, 2.24) is 0 Å². The molecule has 0 atom stereocenters. The number of nitrogens with one attached hydrogen (secondary N) is 1. The van der Waals surface area contributed by atoms with Gasteiger partial charge in [-0.15, -0.1) is 0 Å². The molecule has 6 N–H and O–H groups in total. The Morgan fingerprint density at radius 1 is 0.660 bits per heavy atom. The van der Waals surface area contributed by atoms with Gasteiger partial charge in [-0.3, -0.25) is 18.7 Å². The van der Waals surface area contributed by atoms with Gasteiger partial charge in [0.1, 0.15) is 4.90 Å². The first-order chi connectivity index (χ1) is 22.0. The molecule has 0 amide bonds. The van der Waals surface area contributed by atoms with E-state index in [9.17, 15) is 38.9 Å². The number of aryl methyl sites for hydroxylation is 1. The van der Waals surface area contributed by atoms with Crippen molar-refractivity contribution < 1.29 is 38.9 Å². The van der Waals surface area contributed by atoms with Gasteiger partial charge in [-0.05, 0) is 128 Å². The van der Waals surface area contributed by atoms with Crippen LogP contribution in [0.1, 0.15) is 42.4 Å². The topological polar surface area (TPSA) is 214 Å². The third kappa shape index (κ3) is 8.13. The van der Waals surface area contributed by atoms with E-state index in [1.54, 1.807) is 13.0 Å². The molecule has 4 aromatic rings. The smallest absolute Gasteiger partial charge is 0.296 e. The minimum absolute atomic E-state index is 0.0433. The van der Waals surface area contributed by atoms with Gasteiger partial charge in [-0.25, -0.2) is 0 Å². The lowest BCUT2D eigenvalue weighted by Gasteiger charge is -2.23. The average molecular weight is 698 g/mol. The quantitative estimate of drug-likeness (QED) is 0.103. The van der Waals surface area contributed by atoms with Gasteiger partial charge in [-0.2, -0.15) is 25.3 Å². The van der Waals surface area contributed by atoms with Crippen molar-refractivity contribution in [3.8, 4) is 0 Å². The van der Waals surface area contributed by atoms with E-state index in [1.807, 2.05) is 24.3 Å². The molecule has 246 valence electrons. The van der Waals surface area contributed by atoms with Crippen LogP contribution in [-0.2, 0) is 30.4 Å². The molecular weight excluding hydrogens is 667 g/mol. The van der Waals surface area contributed by atoms with Crippen molar-refractivity contribution in [2.75, 3.05) is 11.1 Å². The van der Waals surface area contributed by atoms with Crippen molar-refractivity contribution in [2.45, 2.75) is 47.3 Å². The van der Waals surface area contributed by atoms with Gasteiger partial charge in [-0.1, -0.05) is 17.7 Å². The summed E-state index contributed by atoms with van der Waals surface area (Å²) in [6, 6.07) is 21.7. The first-order valence-electron chi connectivity index (χ1n) is 14.2. The van der Waals surface area contributed by atoms with Crippen LogP contribution in [0.25, 0.3) is 5.57 Å². The fourth-order valence-electron chi connectivity index (χ4n) is 5.37. The van der Waals surface area contributed by atoms with Crippen LogP contribution in [0.5, 0.6) is 0 Å². The zero-order valence-corrected chi connectivity index (χ0v) is 27.4. The summed E-state index contributed by atoms with van der Waals surface area (Å²) >= 11 is 0. The van der Waals surface area contributed by atoms with Gasteiger partial charge < -0.3 is 11.1 Å². The Balaban J connectivity index is 1.49. The van der Waals surface area contributed by atoms with Crippen molar-refractivity contribution in [3.05, 3.63) is 107 Å². The Kier molecular flexibility index (Phi) is 9.41. The highest BCUT2D eigenvalue weighted by Gasteiger charge is 2.23. The number of nitrogens with zero attached hydrogens (tertiary/aromatic N) is 1. The second kappa shape index (κ2) is 13.0. The molecule has 0 bridgehead atoms. The summed E-state index contributed by atoms with van der Waals surface area (Å²) in [5, 5.41) is 3.17. The highest BCUT2D eigenvalue weighted by Crippen LogP contribution is 2.38. The molecule has 15 heteroatoms. The number of rotatable bonds is 8. The van der Waals surface area contributed by atoms with Crippen molar-refractivity contribution in [2.24, 2.45) is 4.99 Å². The van der Waals surface area contributed by atoms with E-state index in [2.05, 4.69) is 10.3 Å². The second-order valence-electron chi connectivity index (χ2n) is 11.0. The summed E-state index contributed by atoms with van der Waals surface area (Å²) in [6.07, 6.45) is 2.33. The number of allylic oxidation sites excluding steroid dienone is 1. The third-order valence-corrected chi connectivity index (χ3v) is 10.4. The third-order valence-electron chi connectivity index (χ3n) is 7.74. The van der Waals surface area contributed by atoms with Crippen LogP contribution < -0.4 is 11.1 Å². The summed E-state index contributed by atoms with van der Waals surface area (Å²) < 4.78 is 98.2. The average Bonchev–Trinajstić information content (AvgIpc) is 3.00. The molecule has 0 aromatic heterocycles. The van der Waals surface area contributed by atoms with Gasteiger partial charge in [0.2, 0.25) is 0 Å². The van der Waals surface area contributed by atoms with E-state index < -0.39 is 30.4 Å². The van der Waals surface area contributed by atoms with Crippen molar-refractivity contribution in [3.63, 3.8) is 0 Å². The minimum atomic E-state index is -4.62. The summed E-state index contributed by atoms with van der Waals surface area (Å²) in [4.78, 5) is 3.82. The van der Waals surface area contributed by atoms with Crippen molar-refractivity contribution in [1.29, 1.82) is 0 Å². The molecule has 4 aromatic carbocycles. The second-order valence-corrected chi connectivity index (χ2v) is 15.2. The van der Waals surface area contributed by atoms with Gasteiger partial charge in [0.25, 0.3) is 30.4 Å². The van der Waals surface area contributed by atoms with E-state index >= 15 is 0 Å². The predicted octanol–water partition coefficient (Wildman–Crippen LogP) is 6.21. The molecular formula is C32H31N3O9S3. The summed E-state index contributed by atoms with van der Waals surface area (Å²) in [5.74, 6) is 0. The lowest BCUT2D eigenvalue weighted by molar-refractivity contribution is 0.481. The number of hydrogen-bond donors (Lipinski definition) is 5. The fourth-order valence-corrected chi connectivity index (χ4v) is 7.05. The Morgan fingerprint density at radius 2 is 1.15 bits per heavy atom. The lowest BCUT2D eigenvalue weighted by atomic mass is 9.83. The summed E-state index contributed by atoms with van der Waals surface area (Å²) in [7, 11) is -13.3. The molecule has 0 heterocycles. The standard InChI is InChI=1S/C32H31N3O9S3/c1-20-18-23(19-30(32(20)33)47(42,43)44)31(21-2-6-24(7-3-21)34-26-10-14-28(15-11-26)45(36,37)38)22-4-8-25(9-5-22)35-27-12-16-29(17-13-27)46(39,40)41/h2-3,6-7,10-19,34H,4-5,8-9,33H2,1H3,(H,36,37,38)(H,39,40,41)(H,42,43,44). The maximum Gasteiger partial charge on any atom is 0.296 e. The number of benzene rings is 4. The lowest BCUT2D eigenvalue weighted by Crippen LogP contribution is -2.10. The van der Waals surface area contributed by atoms with Crippen molar-refractivity contribution >= 4 is 64.4 Å². The van der Waals surface area contributed by atoms with E-state index in [0.29, 0.717) is 53.9 Å². The maximum absolute atomic E-state index is 12.2. The maximum atomic E-state index is 12.2. The zero-order valence-electron chi connectivity index (χ0n) is 25.0. The molecule has 5 rings (SSSR count). The monoisotopic (exact) mass is 697 g/mol. The van der Waals surface area contributed by atoms with Crippen LogP contribution in [0.15, 0.2) is 110 Å². The van der Waals surface area contributed by atoms with E-state index in [4.69, 9.17) is 5.73 Å². The Hall–Kier alpha value is -4.38. The zero-order chi connectivity index (χ0) is 34.1. The normalized spacial score (nSPS) is 14.1. The number of nitrogens with two attached hydrogens (primary N) is 1. The Morgan fingerprint density at radius 3 is 1.64 bits per heavy atom. The fraction of sp³-hybridized carbons (Fsp3) is 0.156. The molecule has 1 saturated carbocycles. The number of anilines is 3. The molecule has 0 radical (unpaired) electrons. The molecule has 0 spiro atoms. The van der Waals surface area contributed by atoms with Crippen LogP contribution in [0.4, 0.5) is 22.7 Å². The Labute approximate surface area is 272 Å². The Bertz CT molecular complexity index is 2220.